The summed E-state index contributed by atoms with van der Waals surface area (Å²) >= 11 is 1.78. The fourth-order valence-electron chi connectivity index (χ4n) is 2.83. The Bertz CT molecular complexity index is 726. The van der Waals surface area contributed by atoms with Crippen LogP contribution >= 0.6 is 11.8 Å². The van der Waals surface area contributed by atoms with Crippen LogP contribution in [0.25, 0.3) is 0 Å². The molecule has 2 N–H and O–H groups in total. The molecule has 0 bridgehead atoms. The Balaban J connectivity index is 0.000000261. The van der Waals surface area contributed by atoms with Crippen LogP contribution in [-0.2, 0) is 4.74 Å². The number of carboxylic acids is 1. The van der Waals surface area contributed by atoms with Gasteiger partial charge < -0.3 is 15.2 Å². The van der Waals surface area contributed by atoms with Crippen LogP contribution < -0.4 is 5.32 Å². The van der Waals surface area contributed by atoms with Crippen molar-refractivity contribution in [1.82, 2.24) is 5.32 Å². The van der Waals surface area contributed by atoms with Gasteiger partial charge in [-0.3, -0.25) is 0 Å². The number of thioether (sulfide) groups is 1. The molecule has 0 aliphatic carbocycles. The van der Waals surface area contributed by atoms with E-state index in [0.717, 1.165) is 25.9 Å². The molecule has 3 rings (SSSR count). The van der Waals surface area contributed by atoms with Gasteiger partial charge in [0.15, 0.2) is 0 Å². The van der Waals surface area contributed by atoms with Crippen LogP contribution in [0.5, 0.6) is 0 Å². The highest BCUT2D eigenvalue weighted by Crippen LogP contribution is 2.41. The van der Waals surface area contributed by atoms with E-state index in [1.54, 1.807) is 42.1 Å². The summed E-state index contributed by atoms with van der Waals surface area (Å²) in [4.78, 5) is 10.1. The van der Waals surface area contributed by atoms with Gasteiger partial charge in [-0.05, 0) is 49.5 Å². The van der Waals surface area contributed by atoms with Crippen LogP contribution in [0.1, 0.15) is 48.7 Å². The third-order valence-electron chi connectivity index (χ3n) is 4.32. The topological polar surface area (TPSA) is 58.6 Å². The van der Waals surface area contributed by atoms with Gasteiger partial charge in [-0.25, -0.2) is 4.79 Å². The largest absolute Gasteiger partial charge is 0.478 e. The van der Waals surface area contributed by atoms with E-state index in [2.05, 4.69) is 61.0 Å². The van der Waals surface area contributed by atoms with Crippen molar-refractivity contribution in [3.63, 3.8) is 0 Å². The highest BCUT2D eigenvalue weighted by molar-refractivity contribution is 8.03. The van der Waals surface area contributed by atoms with E-state index in [4.69, 9.17) is 9.84 Å². The predicted octanol–water partition coefficient (Wildman–Crippen LogP) is 5.50. The highest BCUT2D eigenvalue weighted by Gasteiger charge is 2.30. The van der Waals surface area contributed by atoms with Crippen LogP contribution in [0.3, 0.4) is 0 Å². The van der Waals surface area contributed by atoms with Gasteiger partial charge >= 0.3 is 5.97 Å². The van der Waals surface area contributed by atoms with Crippen molar-refractivity contribution >= 4 is 17.7 Å². The molecule has 0 spiro atoms. The number of ether oxygens (including phenoxy) is 1. The van der Waals surface area contributed by atoms with Crippen molar-refractivity contribution in [2.24, 2.45) is 0 Å². The number of rotatable bonds is 8. The maximum atomic E-state index is 10.2. The summed E-state index contributed by atoms with van der Waals surface area (Å²) in [6, 6.07) is 18.8. The fourth-order valence-corrected chi connectivity index (χ4v) is 3.68. The molecule has 5 heteroatoms. The fraction of sp³-hybridized carbons (Fsp3) is 0.348. The lowest BCUT2D eigenvalue weighted by molar-refractivity contribution is -0.0266. The lowest BCUT2D eigenvalue weighted by Gasteiger charge is -2.30. The third-order valence-corrected chi connectivity index (χ3v) is 5.41. The predicted molar refractivity (Wildman–Crippen MR) is 117 cm³/mol. The third kappa shape index (κ3) is 7.50. The van der Waals surface area contributed by atoms with Gasteiger partial charge in [0.1, 0.15) is 4.93 Å². The van der Waals surface area contributed by atoms with Crippen molar-refractivity contribution < 1.29 is 14.6 Å². The van der Waals surface area contributed by atoms with Crippen LogP contribution in [0, 0.1) is 0 Å². The van der Waals surface area contributed by atoms with Gasteiger partial charge in [-0.2, -0.15) is 0 Å². The summed E-state index contributed by atoms with van der Waals surface area (Å²) in [6.07, 6.45) is 4.35. The monoisotopic (exact) mass is 399 g/mol. The SMILES string of the molecule is CCNCCC(OC1(C)CC=CS1)c1ccccc1.O=C(O)c1ccccc1. The van der Waals surface area contributed by atoms with Crippen molar-refractivity contribution in [3.8, 4) is 0 Å². The molecule has 0 fully saturated rings. The lowest BCUT2D eigenvalue weighted by Crippen LogP contribution is -2.26. The first kappa shape index (κ1) is 22.2. The second-order valence-electron chi connectivity index (χ2n) is 6.66. The first-order chi connectivity index (χ1) is 13.5. The van der Waals surface area contributed by atoms with Crippen LogP contribution in [0.15, 0.2) is 72.1 Å². The number of carbonyl (C=O) groups is 1. The minimum Gasteiger partial charge on any atom is -0.478 e. The molecule has 0 amide bonds. The second kappa shape index (κ2) is 11.7. The van der Waals surface area contributed by atoms with E-state index in [1.807, 2.05) is 0 Å². The summed E-state index contributed by atoms with van der Waals surface area (Å²) in [5.74, 6) is -0.879. The molecule has 0 radical (unpaired) electrons. The van der Waals surface area contributed by atoms with Crippen LogP contribution in [0.2, 0.25) is 0 Å². The van der Waals surface area contributed by atoms with Crippen molar-refractivity contribution in [3.05, 3.63) is 83.3 Å². The Morgan fingerprint density at radius 2 is 1.82 bits per heavy atom. The average Bonchev–Trinajstić information content (AvgIpc) is 3.15. The Kier molecular flexibility index (Phi) is 9.28. The molecule has 28 heavy (non-hydrogen) atoms. The quantitative estimate of drug-likeness (QED) is 0.574. The first-order valence-corrected chi connectivity index (χ1v) is 10.5. The Morgan fingerprint density at radius 3 is 2.32 bits per heavy atom. The Labute approximate surface area is 172 Å². The zero-order valence-corrected chi connectivity index (χ0v) is 17.3. The molecule has 1 aliphatic heterocycles. The molecule has 2 atom stereocenters. The van der Waals surface area contributed by atoms with Crippen molar-refractivity contribution in [2.45, 2.75) is 37.7 Å². The minimum atomic E-state index is -0.879. The molecule has 4 nitrogen and oxygen atoms in total. The highest BCUT2D eigenvalue weighted by atomic mass is 32.2. The number of benzene rings is 2. The number of hydrogen-bond donors (Lipinski definition) is 2. The number of carboxylic acid groups (broad SMARTS) is 1. The first-order valence-electron chi connectivity index (χ1n) is 9.59. The number of hydrogen-bond acceptors (Lipinski definition) is 4. The van der Waals surface area contributed by atoms with E-state index in [9.17, 15) is 4.79 Å². The van der Waals surface area contributed by atoms with Crippen LogP contribution in [0.4, 0.5) is 0 Å². The summed E-state index contributed by atoms with van der Waals surface area (Å²) in [5.41, 5.74) is 1.60. The average molecular weight is 400 g/mol. The summed E-state index contributed by atoms with van der Waals surface area (Å²) in [7, 11) is 0. The maximum Gasteiger partial charge on any atom is 0.335 e. The van der Waals surface area contributed by atoms with Gasteiger partial charge in [0.05, 0.1) is 11.7 Å². The molecular weight excluding hydrogens is 370 g/mol. The van der Waals surface area contributed by atoms with Gasteiger partial charge in [-0.15, -0.1) is 0 Å². The van der Waals surface area contributed by atoms with Gasteiger partial charge in [0.25, 0.3) is 0 Å². The molecule has 2 aromatic carbocycles. The molecule has 2 unspecified atom stereocenters. The Morgan fingerprint density at radius 1 is 1.18 bits per heavy atom. The molecule has 0 aromatic heterocycles. The number of aromatic carboxylic acids is 1. The second-order valence-corrected chi connectivity index (χ2v) is 8.03. The van der Waals surface area contributed by atoms with Gasteiger partial charge in [0.2, 0.25) is 0 Å². The molecule has 0 saturated heterocycles. The summed E-state index contributed by atoms with van der Waals surface area (Å²) < 4.78 is 6.39. The molecule has 150 valence electrons. The number of nitrogens with one attached hydrogen (secondary N) is 1. The van der Waals surface area contributed by atoms with Gasteiger partial charge in [0, 0.05) is 6.42 Å². The molecule has 1 aliphatic rings. The molecule has 0 saturated carbocycles. The Hall–Kier alpha value is -2.08. The smallest absolute Gasteiger partial charge is 0.335 e. The van der Waals surface area contributed by atoms with Crippen molar-refractivity contribution in [2.75, 3.05) is 13.1 Å². The molecular formula is C23H29NO3S. The van der Waals surface area contributed by atoms with Crippen molar-refractivity contribution in [1.29, 1.82) is 0 Å². The zero-order chi connectivity index (χ0) is 20.2. The van der Waals surface area contributed by atoms with E-state index in [1.165, 1.54) is 5.56 Å². The molecule has 2 aromatic rings. The molecule has 1 heterocycles. The summed E-state index contributed by atoms with van der Waals surface area (Å²) in [6.45, 7) is 6.32. The standard InChI is InChI=1S/C16H23NOS.C7H6O2/c1-3-17-12-10-15(14-8-5-4-6-9-14)18-16(2)11-7-13-19-16;8-7(9)6-4-2-1-3-5-6/h4-9,13,15,17H,3,10-12H2,1-2H3;1-5H,(H,8,9). The van der Waals surface area contributed by atoms with E-state index in [-0.39, 0.29) is 11.0 Å². The normalized spacial score (nSPS) is 18.9. The van der Waals surface area contributed by atoms with E-state index in [0.29, 0.717) is 5.56 Å². The zero-order valence-electron chi connectivity index (χ0n) is 16.5. The van der Waals surface area contributed by atoms with Crippen LogP contribution in [-0.4, -0.2) is 29.1 Å². The lowest BCUT2D eigenvalue weighted by atomic mass is 10.1. The maximum absolute atomic E-state index is 10.2. The minimum absolute atomic E-state index is 0.104. The van der Waals surface area contributed by atoms with E-state index < -0.39 is 5.97 Å². The summed E-state index contributed by atoms with van der Waals surface area (Å²) in [5, 5.41) is 13.9. The van der Waals surface area contributed by atoms with Gasteiger partial charge in [-0.1, -0.05) is 73.3 Å². The van der Waals surface area contributed by atoms with E-state index >= 15 is 0 Å².